The largest absolute Gasteiger partial charge is 0.372 e. The molecule has 21 heavy (non-hydrogen) atoms. The van der Waals surface area contributed by atoms with Gasteiger partial charge < -0.3 is 10.1 Å². The van der Waals surface area contributed by atoms with Crippen LogP contribution in [-0.2, 0) is 21.3 Å². The van der Waals surface area contributed by atoms with Crippen molar-refractivity contribution in [2.24, 2.45) is 0 Å². The van der Waals surface area contributed by atoms with Crippen LogP contribution in [0.2, 0.25) is 0 Å². The summed E-state index contributed by atoms with van der Waals surface area (Å²) in [6, 6.07) is 7.22. The van der Waals surface area contributed by atoms with Crippen molar-refractivity contribution >= 4 is 10.0 Å². The van der Waals surface area contributed by atoms with Crippen molar-refractivity contribution in [3.8, 4) is 0 Å². The van der Waals surface area contributed by atoms with E-state index in [9.17, 15) is 8.42 Å². The fourth-order valence-electron chi connectivity index (χ4n) is 3.01. The predicted octanol–water partition coefficient (Wildman–Crippen LogP) is 1.35. The minimum absolute atomic E-state index is 0.0727. The molecule has 5 nitrogen and oxygen atoms in total. The zero-order valence-corrected chi connectivity index (χ0v) is 13.1. The Kier molecular flexibility index (Phi) is 4.31. The SMILES string of the molecule is CCNCc1cccc(S(=O)(=O)N2CC3CCC(C2)O3)c1. The highest BCUT2D eigenvalue weighted by Crippen LogP contribution is 2.30. The molecule has 1 aromatic carbocycles. The molecule has 0 amide bonds. The molecule has 0 aromatic heterocycles. The van der Waals surface area contributed by atoms with E-state index in [0.717, 1.165) is 24.9 Å². The Hall–Kier alpha value is -0.950. The van der Waals surface area contributed by atoms with Crippen molar-refractivity contribution in [1.29, 1.82) is 0 Å². The lowest BCUT2D eigenvalue weighted by molar-refractivity contribution is -0.0114. The van der Waals surface area contributed by atoms with Gasteiger partial charge in [0.15, 0.2) is 0 Å². The molecule has 2 fully saturated rings. The minimum Gasteiger partial charge on any atom is -0.372 e. The van der Waals surface area contributed by atoms with Crippen molar-refractivity contribution in [3.05, 3.63) is 29.8 Å². The van der Waals surface area contributed by atoms with E-state index < -0.39 is 10.0 Å². The molecular formula is C15H22N2O3S. The normalized spacial score (nSPS) is 26.1. The third-order valence-electron chi connectivity index (χ3n) is 4.13. The van der Waals surface area contributed by atoms with Crippen molar-refractivity contribution in [1.82, 2.24) is 9.62 Å². The van der Waals surface area contributed by atoms with E-state index in [0.29, 0.717) is 24.5 Å². The summed E-state index contributed by atoms with van der Waals surface area (Å²) in [7, 11) is -3.41. The third-order valence-corrected chi connectivity index (χ3v) is 5.95. The summed E-state index contributed by atoms with van der Waals surface area (Å²) in [6.07, 6.45) is 2.08. The second-order valence-corrected chi connectivity index (χ2v) is 7.65. The lowest BCUT2D eigenvalue weighted by Crippen LogP contribution is -2.45. The molecule has 2 heterocycles. The van der Waals surface area contributed by atoms with E-state index in [1.165, 1.54) is 0 Å². The second-order valence-electron chi connectivity index (χ2n) is 5.71. The molecule has 2 saturated heterocycles. The first-order valence-corrected chi connectivity index (χ1v) is 8.99. The number of nitrogens with one attached hydrogen (secondary N) is 1. The molecule has 2 bridgehead atoms. The van der Waals surface area contributed by atoms with Crippen molar-refractivity contribution < 1.29 is 13.2 Å². The number of fused-ring (bicyclic) bond motifs is 2. The molecule has 3 rings (SSSR count). The van der Waals surface area contributed by atoms with Crippen LogP contribution < -0.4 is 5.32 Å². The lowest BCUT2D eigenvalue weighted by Gasteiger charge is -2.31. The molecule has 2 aliphatic rings. The number of hydrogen-bond acceptors (Lipinski definition) is 4. The van der Waals surface area contributed by atoms with Gasteiger partial charge in [-0.15, -0.1) is 0 Å². The number of ether oxygens (including phenoxy) is 1. The maximum atomic E-state index is 12.8. The molecule has 6 heteroatoms. The van der Waals surface area contributed by atoms with Gasteiger partial charge >= 0.3 is 0 Å². The van der Waals surface area contributed by atoms with E-state index in [2.05, 4.69) is 5.32 Å². The second kappa shape index (κ2) is 6.04. The number of nitrogens with zero attached hydrogens (tertiary/aromatic N) is 1. The van der Waals surface area contributed by atoms with Crippen LogP contribution in [0, 0.1) is 0 Å². The highest BCUT2D eigenvalue weighted by molar-refractivity contribution is 7.89. The quantitative estimate of drug-likeness (QED) is 0.892. The molecule has 2 unspecified atom stereocenters. The van der Waals surface area contributed by atoms with Gasteiger partial charge in [-0.1, -0.05) is 19.1 Å². The van der Waals surface area contributed by atoms with Gasteiger partial charge in [-0.3, -0.25) is 0 Å². The Morgan fingerprint density at radius 2 is 2.00 bits per heavy atom. The van der Waals surface area contributed by atoms with Crippen LogP contribution in [0.4, 0.5) is 0 Å². The van der Waals surface area contributed by atoms with Crippen molar-refractivity contribution in [2.75, 3.05) is 19.6 Å². The number of benzene rings is 1. The van der Waals surface area contributed by atoms with Crippen LogP contribution in [0.1, 0.15) is 25.3 Å². The average Bonchev–Trinajstić information content (AvgIpc) is 2.83. The van der Waals surface area contributed by atoms with Gasteiger partial charge in [0, 0.05) is 19.6 Å². The highest BCUT2D eigenvalue weighted by atomic mass is 32.2. The molecule has 0 aliphatic carbocycles. The van der Waals surface area contributed by atoms with Gasteiger partial charge in [0.05, 0.1) is 17.1 Å². The maximum Gasteiger partial charge on any atom is 0.243 e. The molecular weight excluding hydrogens is 288 g/mol. The van der Waals surface area contributed by atoms with Crippen LogP contribution >= 0.6 is 0 Å². The van der Waals surface area contributed by atoms with Gasteiger partial charge in [0.1, 0.15) is 0 Å². The summed E-state index contributed by atoms with van der Waals surface area (Å²) in [5.74, 6) is 0. The van der Waals surface area contributed by atoms with E-state index in [1.54, 1.807) is 16.4 Å². The average molecular weight is 310 g/mol. The first-order chi connectivity index (χ1) is 10.1. The Labute approximate surface area is 126 Å². The molecule has 2 aliphatic heterocycles. The maximum absolute atomic E-state index is 12.8. The third kappa shape index (κ3) is 3.13. The number of hydrogen-bond donors (Lipinski definition) is 1. The lowest BCUT2D eigenvalue weighted by atomic mass is 10.2. The van der Waals surface area contributed by atoms with E-state index in [4.69, 9.17) is 4.74 Å². The summed E-state index contributed by atoms with van der Waals surface area (Å²) in [5.41, 5.74) is 0.995. The molecule has 116 valence electrons. The van der Waals surface area contributed by atoms with Crippen LogP contribution in [-0.4, -0.2) is 44.6 Å². The first-order valence-electron chi connectivity index (χ1n) is 7.55. The number of morpholine rings is 1. The Bertz CT molecular complexity index is 591. The topological polar surface area (TPSA) is 58.6 Å². The summed E-state index contributed by atoms with van der Waals surface area (Å²) < 4.78 is 32.9. The Morgan fingerprint density at radius 1 is 1.29 bits per heavy atom. The standard InChI is InChI=1S/C15H22N2O3S/c1-2-16-9-12-4-3-5-15(8-12)21(18,19)17-10-13-6-7-14(11-17)20-13/h3-5,8,13-14,16H,2,6-7,9-11H2,1H3. The molecule has 2 atom stereocenters. The van der Waals surface area contributed by atoms with Crippen LogP contribution in [0.3, 0.4) is 0 Å². The molecule has 0 radical (unpaired) electrons. The predicted molar refractivity (Wildman–Crippen MR) is 80.5 cm³/mol. The van der Waals surface area contributed by atoms with E-state index in [-0.39, 0.29) is 12.2 Å². The van der Waals surface area contributed by atoms with Gasteiger partial charge in [0.25, 0.3) is 0 Å². The van der Waals surface area contributed by atoms with Crippen LogP contribution in [0.25, 0.3) is 0 Å². The first kappa shape index (κ1) is 15.0. The van der Waals surface area contributed by atoms with Crippen LogP contribution in [0.15, 0.2) is 29.2 Å². The summed E-state index contributed by atoms with van der Waals surface area (Å²) in [5, 5.41) is 3.22. The molecule has 0 saturated carbocycles. The smallest absolute Gasteiger partial charge is 0.243 e. The number of sulfonamides is 1. The molecule has 0 spiro atoms. The summed E-state index contributed by atoms with van der Waals surface area (Å²) >= 11 is 0. The highest BCUT2D eigenvalue weighted by Gasteiger charge is 2.39. The Balaban J connectivity index is 1.81. The van der Waals surface area contributed by atoms with Crippen LogP contribution in [0.5, 0.6) is 0 Å². The zero-order chi connectivity index (χ0) is 14.9. The summed E-state index contributed by atoms with van der Waals surface area (Å²) in [6.45, 7) is 4.55. The monoisotopic (exact) mass is 310 g/mol. The van der Waals surface area contributed by atoms with Gasteiger partial charge in [-0.05, 0) is 37.1 Å². The molecule has 1 aromatic rings. The van der Waals surface area contributed by atoms with E-state index in [1.807, 2.05) is 19.1 Å². The number of rotatable bonds is 5. The van der Waals surface area contributed by atoms with Gasteiger partial charge in [-0.25, -0.2) is 8.42 Å². The molecule has 1 N–H and O–H groups in total. The minimum atomic E-state index is -3.41. The van der Waals surface area contributed by atoms with Gasteiger partial charge in [-0.2, -0.15) is 4.31 Å². The van der Waals surface area contributed by atoms with E-state index >= 15 is 0 Å². The Morgan fingerprint density at radius 3 is 2.67 bits per heavy atom. The fourth-order valence-corrected chi connectivity index (χ4v) is 4.58. The fraction of sp³-hybridized carbons (Fsp3) is 0.600. The van der Waals surface area contributed by atoms with Crippen molar-refractivity contribution in [2.45, 2.75) is 43.4 Å². The zero-order valence-electron chi connectivity index (χ0n) is 12.3. The summed E-state index contributed by atoms with van der Waals surface area (Å²) in [4.78, 5) is 0.388. The van der Waals surface area contributed by atoms with Crippen molar-refractivity contribution in [3.63, 3.8) is 0 Å². The van der Waals surface area contributed by atoms with Gasteiger partial charge in [0.2, 0.25) is 10.0 Å².